The molecule has 0 radical (unpaired) electrons. The molecule has 1 aromatic carbocycles. The van der Waals surface area contributed by atoms with Gasteiger partial charge in [-0.2, -0.15) is 0 Å². The van der Waals surface area contributed by atoms with Crippen LogP contribution in [0.15, 0.2) is 24.3 Å². The lowest BCUT2D eigenvalue weighted by atomic mass is 10.00. The molecule has 7 nitrogen and oxygen atoms in total. The van der Waals surface area contributed by atoms with Crippen molar-refractivity contribution in [2.75, 3.05) is 25.1 Å². The van der Waals surface area contributed by atoms with Gasteiger partial charge in [0, 0.05) is 20.0 Å². The van der Waals surface area contributed by atoms with Crippen LogP contribution in [0, 0.1) is 5.92 Å². The SMILES string of the molecule is CCOc1ccccc1N1CC(C(=O)N(C)C(C)(C)C(=O)O)CC1=O. The first kappa shape index (κ1) is 18.8. The monoisotopic (exact) mass is 348 g/mol. The van der Waals surface area contributed by atoms with Gasteiger partial charge in [-0.3, -0.25) is 9.59 Å². The van der Waals surface area contributed by atoms with E-state index in [1.165, 1.54) is 30.7 Å². The van der Waals surface area contributed by atoms with Crippen molar-refractivity contribution in [1.82, 2.24) is 4.90 Å². The summed E-state index contributed by atoms with van der Waals surface area (Å²) in [6.45, 7) is 5.47. The van der Waals surface area contributed by atoms with Crippen LogP contribution in [0.1, 0.15) is 27.2 Å². The Kier molecular flexibility index (Phi) is 5.35. The Bertz CT molecular complexity index is 686. The molecule has 1 unspecified atom stereocenters. The van der Waals surface area contributed by atoms with Gasteiger partial charge in [-0.25, -0.2) is 4.79 Å². The molecule has 0 spiro atoms. The van der Waals surface area contributed by atoms with Crippen molar-refractivity contribution in [3.8, 4) is 5.75 Å². The van der Waals surface area contributed by atoms with Crippen molar-refractivity contribution in [3.05, 3.63) is 24.3 Å². The van der Waals surface area contributed by atoms with Gasteiger partial charge in [-0.05, 0) is 32.9 Å². The van der Waals surface area contributed by atoms with E-state index in [-0.39, 0.29) is 24.8 Å². The van der Waals surface area contributed by atoms with Crippen molar-refractivity contribution in [3.63, 3.8) is 0 Å². The second-order valence-corrected chi connectivity index (χ2v) is 6.57. The van der Waals surface area contributed by atoms with Gasteiger partial charge in [0.1, 0.15) is 11.3 Å². The number of carbonyl (C=O) groups is 3. The van der Waals surface area contributed by atoms with E-state index in [4.69, 9.17) is 4.74 Å². The van der Waals surface area contributed by atoms with E-state index in [0.29, 0.717) is 18.0 Å². The molecule has 1 fully saturated rings. The lowest BCUT2D eigenvalue weighted by molar-refractivity contribution is -0.156. The molecule has 0 bridgehead atoms. The Morgan fingerprint density at radius 1 is 1.36 bits per heavy atom. The second kappa shape index (κ2) is 7.13. The number of hydrogen-bond acceptors (Lipinski definition) is 4. The molecule has 0 aromatic heterocycles. The topological polar surface area (TPSA) is 87.2 Å². The largest absolute Gasteiger partial charge is 0.492 e. The third kappa shape index (κ3) is 3.60. The number of ether oxygens (including phenoxy) is 1. The predicted molar refractivity (Wildman–Crippen MR) is 92.6 cm³/mol. The Morgan fingerprint density at radius 2 is 2.00 bits per heavy atom. The van der Waals surface area contributed by atoms with Gasteiger partial charge in [-0.15, -0.1) is 0 Å². The number of rotatable bonds is 6. The molecule has 1 aliphatic heterocycles. The molecule has 1 saturated heterocycles. The molecule has 136 valence electrons. The number of benzene rings is 1. The maximum atomic E-state index is 12.7. The number of carboxylic acid groups (broad SMARTS) is 1. The van der Waals surface area contributed by atoms with Crippen LogP contribution in [0.3, 0.4) is 0 Å². The molecule has 1 N–H and O–H groups in total. The van der Waals surface area contributed by atoms with E-state index >= 15 is 0 Å². The van der Waals surface area contributed by atoms with Crippen LogP contribution in [0.4, 0.5) is 5.69 Å². The van der Waals surface area contributed by atoms with Gasteiger partial charge in [0.25, 0.3) is 0 Å². The zero-order valence-electron chi connectivity index (χ0n) is 15.0. The molecule has 2 rings (SSSR count). The molecular formula is C18H24N2O5. The molecule has 2 amide bonds. The third-order valence-corrected chi connectivity index (χ3v) is 4.62. The molecule has 0 saturated carbocycles. The molecular weight excluding hydrogens is 324 g/mol. The highest BCUT2D eigenvalue weighted by Gasteiger charge is 2.42. The van der Waals surface area contributed by atoms with E-state index in [9.17, 15) is 19.5 Å². The quantitative estimate of drug-likeness (QED) is 0.846. The average Bonchev–Trinajstić information content (AvgIpc) is 2.95. The number of likely N-dealkylation sites (N-methyl/N-ethyl adjacent to an activating group) is 1. The van der Waals surface area contributed by atoms with Gasteiger partial charge in [0.2, 0.25) is 11.8 Å². The summed E-state index contributed by atoms with van der Waals surface area (Å²) in [5.74, 6) is -1.60. The number of para-hydroxylation sites is 2. The highest BCUT2D eigenvalue weighted by atomic mass is 16.5. The summed E-state index contributed by atoms with van der Waals surface area (Å²) < 4.78 is 5.56. The Morgan fingerprint density at radius 3 is 2.60 bits per heavy atom. The smallest absolute Gasteiger partial charge is 0.329 e. The summed E-state index contributed by atoms with van der Waals surface area (Å²) >= 11 is 0. The minimum atomic E-state index is -1.34. The average molecular weight is 348 g/mol. The molecule has 1 aliphatic rings. The molecule has 25 heavy (non-hydrogen) atoms. The van der Waals surface area contributed by atoms with Gasteiger partial charge >= 0.3 is 5.97 Å². The first-order chi connectivity index (χ1) is 11.7. The van der Waals surface area contributed by atoms with Crippen LogP contribution in [-0.4, -0.2) is 53.5 Å². The third-order valence-electron chi connectivity index (χ3n) is 4.62. The molecule has 1 atom stereocenters. The highest BCUT2D eigenvalue weighted by molar-refractivity contribution is 6.01. The summed E-state index contributed by atoms with van der Waals surface area (Å²) in [6, 6.07) is 7.18. The van der Waals surface area contributed by atoms with E-state index < -0.39 is 17.4 Å². The van der Waals surface area contributed by atoms with Gasteiger partial charge < -0.3 is 19.6 Å². The highest BCUT2D eigenvalue weighted by Crippen LogP contribution is 2.34. The van der Waals surface area contributed by atoms with E-state index in [0.717, 1.165) is 0 Å². The van der Waals surface area contributed by atoms with Gasteiger partial charge in [0.15, 0.2) is 0 Å². The van der Waals surface area contributed by atoms with Crippen molar-refractivity contribution in [1.29, 1.82) is 0 Å². The van der Waals surface area contributed by atoms with Gasteiger partial charge in [-0.1, -0.05) is 12.1 Å². The van der Waals surface area contributed by atoms with E-state index in [1.807, 2.05) is 13.0 Å². The van der Waals surface area contributed by atoms with Crippen LogP contribution in [0.25, 0.3) is 0 Å². The molecule has 1 aromatic rings. The number of carbonyl (C=O) groups excluding carboxylic acids is 2. The minimum absolute atomic E-state index is 0.0549. The number of hydrogen-bond donors (Lipinski definition) is 1. The standard InChI is InChI=1S/C18H24N2O5/c1-5-25-14-9-7-6-8-13(14)20-11-12(10-15(20)21)16(22)19(4)18(2,3)17(23)24/h6-9,12H,5,10-11H2,1-4H3,(H,23,24). The van der Waals surface area contributed by atoms with Crippen molar-refractivity contribution < 1.29 is 24.2 Å². The molecule has 1 heterocycles. The fourth-order valence-corrected chi connectivity index (χ4v) is 2.76. The first-order valence-corrected chi connectivity index (χ1v) is 8.23. The fraction of sp³-hybridized carbons (Fsp3) is 0.500. The fourth-order valence-electron chi connectivity index (χ4n) is 2.76. The number of anilines is 1. The lowest BCUT2D eigenvalue weighted by Gasteiger charge is -2.33. The zero-order chi connectivity index (χ0) is 18.8. The summed E-state index contributed by atoms with van der Waals surface area (Å²) in [5, 5.41) is 9.29. The Balaban J connectivity index is 2.20. The van der Waals surface area contributed by atoms with E-state index in [2.05, 4.69) is 0 Å². The van der Waals surface area contributed by atoms with Crippen LogP contribution in [0.2, 0.25) is 0 Å². The van der Waals surface area contributed by atoms with E-state index in [1.54, 1.807) is 18.2 Å². The second-order valence-electron chi connectivity index (χ2n) is 6.57. The predicted octanol–water partition coefficient (Wildman–Crippen LogP) is 1.76. The summed E-state index contributed by atoms with van der Waals surface area (Å²) in [7, 11) is 1.46. The number of carboxylic acids is 1. The van der Waals surface area contributed by atoms with Crippen LogP contribution in [0.5, 0.6) is 5.75 Å². The number of aliphatic carboxylic acids is 1. The van der Waals surface area contributed by atoms with Crippen molar-refractivity contribution in [2.24, 2.45) is 5.92 Å². The van der Waals surface area contributed by atoms with Crippen molar-refractivity contribution in [2.45, 2.75) is 32.7 Å². The maximum absolute atomic E-state index is 12.7. The van der Waals surface area contributed by atoms with Crippen molar-refractivity contribution >= 4 is 23.5 Å². The summed E-state index contributed by atoms with van der Waals surface area (Å²) in [4.78, 5) is 39.2. The van der Waals surface area contributed by atoms with Crippen LogP contribution < -0.4 is 9.64 Å². The minimum Gasteiger partial charge on any atom is -0.492 e. The Hall–Kier alpha value is -2.57. The van der Waals surface area contributed by atoms with Crippen LogP contribution >= 0.6 is 0 Å². The summed E-state index contributed by atoms with van der Waals surface area (Å²) in [6.07, 6.45) is 0.0549. The maximum Gasteiger partial charge on any atom is 0.329 e. The normalized spacial score (nSPS) is 17.5. The Labute approximate surface area is 147 Å². The summed E-state index contributed by atoms with van der Waals surface area (Å²) in [5.41, 5.74) is -0.707. The zero-order valence-corrected chi connectivity index (χ0v) is 15.0. The first-order valence-electron chi connectivity index (χ1n) is 8.23. The molecule has 0 aliphatic carbocycles. The van der Waals surface area contributed by atoms with Crippen LogP contribution in [-0.2, 0) is 14.4 Å². The number of amides is 2. The molecule has 7 heteroatoms. The lowest BCUT2D eigenvalue weighted by Crippen LogP contribution is -2.52. The van der Waals surface area contributed by atoms with Gasteiger partial charge in [0.05, 0.1) is 18.2 Å². The number of nitrogens with zero attached hydrogens (tertiary/aromatic N) is 2.